The molecule has 7 heteroatoms. The van der Waals surface area contributed by atoms with Gasteiger partial charge >= 0.3 is 0 Å². The number of aromatic nitrogens is 3. The molecule has 3 aromatic rings. The van der Waals surface area contributed by atoms with Crippen LogP contribution in [-0.4, -0.2) is 39.5 Å². The first-order valence-electron chi connectivity index (χ1n) is 8.71. The van der Waals surface area contributed by atoms with Crippen molar-refractivity contribution in [3.63, 3.8) is 0 Å². The lowest BCUT2D eigenvalue weighted by atomic mass is 10.2. The highest BCUT2D eigenvalue weighted by atomic mass is 32.2. The summed E-state index contributed by atoms with van der Waals surface area (Å²) in [7, 11) is 1.81. The van der Waals surface area contributed by atoms with Crippen molar-refractivity contribution in [2.45, 2.75) is 31.0 Å². The summed E-state index contributed by atoms with van der Waals surface area (Å²) in [6, 6.07) is 9.42. The van der Waals surface area contributed by atoms with Crippen molar-refractivity contribution < 1.29 is 9.32 Å². The molecular formula is C20H22N4O2S. The van der Waals surface area contributed by atoms with Crippen LogP contribution in [0.2, 0.25) is 0 Å². The Kier molecular flexibility index (Phi) is 6.24. The van der Waals surface area contributed by atoms with E-state index in [4.69, 9.17) is 4.52 Å². The Morgan fingerprint density at radius 2 is 1.96 bits per heavy atom. The number of hydrogen-bond donors (Lipinski definition) is 0. The number of nitrogens with zero attached hydrogens (tertiary/aromatic N) is 4. The van der Waals surface area contributed by atoms with E-state index in [1.165, 1.54) is 11.8 Å². The number of hydrogen-bond acceptors (Lipinski definition) is 6. The Labute approximate surface area is 163 Å². The van der Waals surface area contributed by atoms with Gasteiger partial charge in [0.2, 0.25) is 0 Å². The van der Waals surface area contributed by atoms with Crippen molar-refractivity contribution in [2.24, 2.45) is 0 Å². The smallest absolute Gasteiger partial charge is 0.256 e. The molecule has 0 fully saturated rings. The van der Waals surface area contributed by atoms with E-state index in [-0.39, 0.29) is 5.91 Å². The van der Waals surface area contributed by atoms with Crippen LogP contribution in [0.3, 0.4) is 0 Å². The summed E-state index contributed by atoms with van der Waals surface area (Å²) in [5.41, 5.74) is 3.50. The van der Waals surface area contributed by atoms with Gasteiger partial charge in [0.05, 0.1) is 11.3 Å². The quantitative estimate of drug-likeness (QED) is 0.580. The second-order valence-electron chi connectivity index (χ2n) is 6.25. The van der Waals surface area contributed by atoms with Gasteiger partial charge in [0, 0.05) is 49.4 Å². The highest BCUT2D eigenvalue weighted by Gasteiger charge is 2.18. The van der Waals surface area contributed by atoms with Crippen LogP contribution in [0.4, 0.5) is 0 Å². The summed E-state index contributed by atoms with van der Waals surface area (Å²) in [5, 5.41) is 4.69. The monoisotopic (exact) mass is 382 g/mol. The van der Waals surface area contributed by atoms with Crippen molar-refractivity contribution in [2.75, 3.05) is 13.6 Å². The lowest BCUT2D eigenvalue weighted by molar-refractivity contribution is 0.0792. The average molecular weight is 382 g/mol. The van der Waals surface area contributed by atoms with E-state index < -0.39 is 0 Å². The summed E-state index contributed by atoms with van der Waals surface area (Å²) >= 11 is 1.52. The van der Waals surface area contributed by atoms with Crippen LogP contribution in [0.5, 0.6) is 0 Å². The summed E-state index contributed by atoms with van der Waals surface area (Å²) in [4.78, 5) is 23.3. The first-order chi connectivity index (χ1) is 13.1. The maximum atomic E-state index is 12.9. The van der Waals surface area contributed by atoms with Gasteiger partial charge < -0.3 is 9.42 Å². The summed E-state index contributed by atoms with van der Waals surface area (Å²) in [6.45, 7) is 4.41. The van der Waals surface area contributed by atoms with Gasteiger partial charge in [-0.2, -0.15) is 0 Å². The van der Waals surface area contributed by atoms with Gasteiger partial charge in [-0.15, -0.1) is 11.8 Å². The molecule has 3 rings (SSSR count). The molecule has 140 valence electrons. The number of pyridine rings is 2. The molecule has 0 bridgehead atoms. The maximum absolute atomic E-state index is 12.9. The van der Waals surface area contributed by atoms with Crippen molar-refractivity contribution in [1.29, 1.82) is 0 Å². The first-order valence-corrected chi connectivity index (χ1v) is 9.69. The first kappa shape index (κ1) is 19.1. The summed E-state index contributed by atoms with van der Waals surface area (Å²) < 4.78 is 5.21. The van der Waals surface area contributed by atoms with Gasteiger partial charge in [0.25, 0.3) is 5.91 Å². The van der Waals surface area contributed by atoms with E-state index in [1.807, 2.05) is 38.1 Å². The third kappa shape index (κ3) is 4.74. The zero-order valence-corrected chi connectivity index (χ0v) is 16.5. The van der Waals surface area contributed by atoms with Crippen LogP contribution < -0.4 is 0 Å². The Bertz CT molecular complexity index is 892. The van der Waals surface area contributed by atoms with E-state index in [0.29, 0.717) is 29.3 Å². The predicted octanol–water partition coefficient (Wildman–Crippen LogP) is 3.69. The van der Waals surface area contributed by atoms with Crippen molar-refractivity contribution in [3.05, 3.63) is 71.0 Å². The van der Waals surface area contributed by atoms with Crippen LogP contribution in [0.25, 0.3) is 0 Å². The molecule has 0 unspecified atom stereocenters. The SMILES string of the molecule is Cc1noc(C)c1CSc1ncccc1C(=O)N(C)CCc1ccccn1. The molecule has 0 N–H and O–H groups in total. The van der Waals surface area contributed by atoms with E-state index in [2.05, 4.69) is 15.1 Å². The Morgan fingerprint density at radius 3 is 2.67 bits per heavy atom. The van der Waals surface area contributed by atoms with Crippen molar-refractivity contribution in [3.8, 4) is 0 Å². The minimum Gasteiger partial charge on any atom is -0.361 e. The van der Waals surface area contributed by atoms with Crippen LogP contribution in [0.15, 0.2) is 52.3 Å². The average Bonchev–Trinajstić information content (AvgIpc) is 3.02. The molecule has 6 nitrogen and oxygen atoms in total. The van der Waals surface area contributed by atoms with Gasteiger partial charge in [-0.1, -0.05) is 11.2 Å². The molecule has 27 heavy (non-hydrogen) atoms. The fourth-order valence-electron chi connectivity index (χ4n) is 2.65. The number of aryl methyl sites for hydroxylation is 2. The number of carbonyl (C=O) groups is 1. The lowest BCUT2D eigenvalue weighted by Crippen LogP contribution is -2.29. The predicted molar refractivity (Wildman–Crippen MR) is 105 cm³/mol. The van der Waals surface area contributed by atoms with Crippen LogP contribution >= 0.6 is 11.8 Å². The topological polar surface area (TPSA) is 72.1 Å². The molecule has 0 aliphatic heterocycles. The van der Waals surface area contributed by atoms with E-state index in [9.17, 15) is 4.79 Å². The highest BCUT2D eigenvalue weighted by Crippen LogP contribution is 2.27. The number of thioether (sulfide) groups is 1. The molecule has 0 aromatic carbocycles. The molecule has 0 spiro atoms. The number of amides is 1. The largest absolute Gasteiger partial charge is 0.361 e. The standard InChI is InChI=1S/C20H22N4O2S/c1-14-18(15(2)26-23-14)13-27-19-17(8-6-11-22-19)20(25)24(3)12-9-16-7-4-5-10-21-16/h4-8,10-11H,9,12-13H2,1-3H3. The molecule has 0 aliphatic carbocycles. The molecule has 3 aromatic heterocycles. The van der Waals surface area contributed by atoms with Gasteiger partial charge in [0.1, 0.15) is 10.8 Å². The van der Waals surface area contributed by atoms with Gasteiger partial charge in [0.15, 0.2) is 0 Å². The fourth-order valence-corrected chi connectivity index (χ4v) is 3.79. The minimum absolute atomic E-state index is 0.0414. The number of likely N-dealkylation sites (N-methyl/N-ethyl adjacent to an activating group) is 1. The van der Waals surface area contributed by atoms with Gasteiger partial charge in [-0.05, 0) is 38.1 Å². The number of rotatable bonds is 7. The van der Waals surface area contributed by atoms with Crippen LogP contribution in [0.1, 0.15) is 33.1 Å². The van der Waals surface area contributed by atoms with E-state index in [0.717, 1.165) is 22.7 Å². The van der Waals surface area contributed by atoms with E-state index in [1.54, 1.807) is 30.4 Å². The second-order valence-corrected chi connectivity index (χ2v) is 7.21. The molecular weight excluding hydrogens is 360 g/mol. The van der Waals surface area contributed by atoms with Gasteiger partial charge in [-0.25, -0.2) is 4.98 Å². The normalized spacial score (nSPS) is 10.8. The summed E-state index contributed by atoms with van der Waals surface area (Å²) in [5.74, 6) is 1.42. The number of carbonyl (C=O) groups excluding carboxylic acids is 1. The molecule has 0 aliphatic rings. The van der Waals surface area contributed by atoms with Gasteiger partial charge in [-0.3, -0.25) is 9.78 Å². The Morgan fingerprint density at radius 1 is 1.15 bits per heavy atom. The molecule has 1 amide bonds. The fraction of sp³-hybridized carbons (Fsp3) is 0.300. The zero-order valence-electron chi connectivity index (χ0n) is 15.7. The zero-order chi connectivity index (χ0) is 19.2. The third-order valence-electron chi connectivity index (χ3n) is 4.31. The molecule has 3 heterocycles. The van der Waals surface area contributed by atoms with Crippen molar-refractivity contribution in [1.82, 2.24) is 20.0 Å². The van der Waals surface area contributed by atoms with E-state index >= 15 is 0 Å². The maximum Gasteiger partial charge on any atom is 0.256 e. The second kappa shape index (κ2) is 8.81. The minimum atomic E-state index is -0.0414. The molecule has 0 radical (unpaired) electrons. The summed E-state index contributed by atoms with van der Waals surface area (Å²) in [6.07, 6.45) is 4.19. The van der Waals surface area contributed by atoms with Crippen LogP contribution in [-0.2, 0) is 12.2 Å². The molecule has 0 atom stereocenters. The van der Waals surface area contributed by atoms with Crippen LogP contribution in [0, 0.1) is 13.8 Å². The highest BCUT2D eigenvalue weighted by molar-refractivity contribution is 7.98. The Hall–Kier alpha value is -2.67. The lowest BCUT2D eigenvalue weighted by Gasteiger charge is -2.18. The Balaban J connectivity index is 1.67. The third-order valence-corrected chi connectivity index (χ3v) is 5.34. The molecule has 0 saturated heterocycles. The molecule has 0 saturated carbocycles. The van der Waals surface area contributed by atoms with Crippen molar-refractivity contribution >= 4 is 17.7 Å².